The summed E-state index contributed by atoms with van der Waals surface area (Å²) in [6, 6.07) is 7.61. The summed E-state index contributed by atoms with van der Waals surface area (Å²) in [7, 11) is 0. The van der Waals surface area contributed by atoms with Crippen LogP contribution in [0.4, 0.5) is 4.39 Å². The van der Waals surface area contributed by atoms with Gasteiger partial charge in [0.05, 0.1) is 37.3 Å². The van der Waals surface area contributed by atoms with Crippen molar-refractivity contribution in [3.63, 3.8) is 0 Å². The maximum atomic E-state index is 13.7. The maximum absolute atomic E-state index is 13.7. The van der Waals surface area contributed by atoms with E-state index in [0.717, 1.165) is 18.4 Å². The number of hydrogen-bond acceptors (Lipinski definition) is 4. The summed E-state index contributed by atoms with van der Waals surface area (Å²) >= 11 is 6.31. The lowest BCUT2D eigenvalue weighted by atomic mass is 10.0. The van der Waals surface area contributed by atoms with Crippen molar-refractivity contribution in [3.05, 3.63) is 52.3 Å². The summed E-state index contributed by atoms with van der Waals surface area (Å²) in [6.07, 6.45) is 2.38. The number of carbonyl (C=O) groups excluding carboxylic acids is 1. The molecule has 0 aliphatic carbocycles. The van der Waals surface area contributed by atoms with Crippen molar-refractivity contribution in [1.82, 2.24) is 5.32 Å². The molecule has 148 valence electrons. The molecule has 0 bridgehead atoms. The van der Waals surface area contributed by atoms with Crippen LogP contribution in [-0.4, -0.2) is 25.7 Å². The summed E-state index contributed by atoms with van der Waals surface area (Å²) in [4.78, 5) is 12.7. The Morgan fingerprint density at radius 1 is 1.07 bits per heavy atom. The molecule has 0 spiro atoms. The number of ether oxygens (including phenoxy) is 3. The summed E-state index contributed by atoms with van der Waals surface area (Å²) in [5.74, 6) is 1.17. The fourth-order valence-corrected chi connectivity index (χ4v) is 3.80. The van der Waals surface area contributed by atoms with Crippen LogP contribution >= 0.6 is 11.6 Å². The molecular weight excluding hydrogens is 385 g/mol. The third-order valence-electron chi connectivity index (χ3n) is 4.80. The van der Waals surface area contributed by atoms with Gasteiger partial charge in [0.25, 0.3) is 0 Å². The molecule has 5 nitrogen and oxygen atoms in total. The second kappa shape index (κ2) is 8.27. The molecule has 2 aromatic rings. The van der Waals surface area contributed by atoms with Crippen LogP contribution in [0.3, 0.4) is 0 Å². The number of rotatable bonds is 3. The van der Waals surface area contributed by atoms with Crippen LogP contribution < -0.4 is 19.5 Å². The number of fused-ring (bicyclic) bond motifs is 2. The van der Waals surface area contributed by atoms with Gasteiger partial charge in [0.1, 0.15) is 11.6 Å². The van der Waals surface area contributed by atoms with Gasteiger partial charge in [-0.1, -0.05) is 11.6 Å². The molecule has 28 heavy (non-hydrogen) atoms. The molecule has 7 heteroatoms. The first-order valence-corrected chi connectivity index (χ1v) is 9.77. The molecule has 2 aliphatic heterocycles. The van der Waals surface area contributed by atoms with Gasteiger partial charge in [-0.25, -0.2) is 4.39 Å². The van der Waals surface area contributed by atoms with Gasteiger partial charge in [-0.05, 0) is 48.7 Å². The van der Waals surface area contributed by atoms with E-state index in [2.05, 4.69) is 5.32 Å². The minimum Gasteiger partial charge on any atom is -0.493 e. The minimum atomic E-state index is -0.349. The second-order valence-electron chi connectivity index (χ2n) is 6.93. The Bertz CT molecular complexity index is 889. The Labute approximate surface area is 167 Å². The Kier molecular flexibility index (Phi) is 5.57. The molecule has 0 saturated carbocycles. The zero-order valence-corrected chi connectivity index (χ0v) is 16.1. The van der Waals surface area contributed by atoms with E-state index in [1.165, 1.54) is 12.1 Å². The van der Waals surface area contributed by atoms with Gasteiger partial charge < -0.3 is 19.5 Å². The first-order valence-electron chi connectivity index (χ1n) is 9.40. The van der Waals surface area contributed by atoms with E-state index >= 15 is 0 Å². The topological polar surface area (TPSA) is 56.8 Å². The predicted molar refractivity (Wildman–Crippen MR) is 103 cm³/mol. The Balaban J connectivity index is 1.50. The number of benzene rings is 2. The van der Waals surface area contributed by atoms with Crippen molar-refractivity contribution in [2.24, 2.45) is 0 Å². The van der Waals surface area contributed by atoms with E-state index in [0.29, 0.717) is 54.1 Å². The number of amides is 1. The van der Waals surface area contributed by atoms with E-state index in [1.807, 2.05) is 0 Å². The maximum Gasteiger partial charge on any atom is 0.224 e. The van der Waals surface area contributed by atoms with Crippen molar-refractivity contribution >= 4 is 17.5 Å². The molecule has 1 N–H and O–H groups in total. The number of halogens is 2. The number of hydrogen-bond donors (Lipinski definition) is 1. The highest BCUT2D eigenvalue weighted by atomic mass is 35.5. The van der Waals surface area contributed by atoms with Crippen molar-refractivity contribution in [1.29, 1.82) is 0 Å². The molecule has 0 radical (unpaired) electrons. The summed E-state index contributed by atoms with van der Waals surface area (Å²) in [5, 5.41) is 3.43. The van der Waals surface area contributed by atoms with Crippen LogP contribution in [0.15, 0.2) is 30.3 Å². The first-order chi connectivity index (χ1) is 13.6. The van der Waals surface area contributed by atoms with Crippen molar-refractivity contribution < 1.29 is 23.4 Å². The van der Waals surface area contributed by atoms with Gasteiger partial charge in [0.2, 0.25) is 5.91 Å². The highest BCUT2D eigenvalue weighted by molar-refractivity contribution is 6.32. The molecule has 1 atom stereocenters. The highest BCUT2D eigenvalue weighted by Crippen LogP contribution is 2.38. The Morgan fingerprint density at radius 3 is 2.75 bits per heavy atom. The standard InChI is InChI=1S/C21H21ClFNO4/c22-16-9-13(10-19-21(16)28-8-2-7-27-19)11-20(25)24-17-3-1-6-26-18-5-4-14(23)12-15(17)18/h4-5,9-10,12,17H,1-3,6-8,11H2,(H,24,25)/t17-/m1/s1. The van der Waals surface area contributed by atoms with Crippen LogP contribution in [0.1, 0.15) is 36.4 Å². The zero-order valence-electron chi connectivity index (χ0n) is 15.3. The van der Waals surface area contributed by atoms with Gasteiger partial charge in [-0.3, -0.25) is 4.79 Å². The van der Waals surface area contributed by atoms with Crippen molar-refractivity contribution in [3.8, 4) is 17.2 Å². The van der Waals surface area contributed by atoms with E-state index in [1.54, 1.807) is 18.2 Å². The number of carbonyl (C=O) groups is 1. The number of nitrogens with one attached hydrogen (secondary N) is 1. The zero-order chi connectivity index (χ0) is 19.5. The molecule has 2 aliphatic rings. The SMILES string of the molecule is O=C(Cc1cc(Cl)c2c(c1)OCCCO2)N[C@@H]1CCCOc2ccc(F)cc21. The smallest absolute Gasteiger partial charge is 0.224 e. The van der Waals surface area contributed by atoms with E-state index in [4.69, 9.17) is 25.8 Å². The average molecular weight is 406 g/mol. The lowest BCUT2D eigenvalue weighted by Gasteiger charge is -2.19. The second-order valence-corrected chi connectivity index (χ2v) is 7.33. The molecule has 0 fully saturated rings. The fourth-order valence-electron chi connectivity index (χ4n) is 3.52. The van der Waals surface area contributed by atoms with Crippen LogP contribution in [-0.2, 0) is 11.2 Å². The molecule has 0 aromatic heterocycles. The third kappa shape index (κ3) is 4.17. The normalized spacial score (nSPS) is 18.3. The molecular formula is C21H21ClFNO4. The summed E-state index contributed by atoms with van der Waals surface area (Å²) in [5.41, 5.74) is 1.40. The van der Waals surface area contributed by atoms with E-state index in [-0.39, 0.29) is 24.2 Å². The molecule has 0 unspecified atom stereocenters. The largest absolute Gasteiger partial charge is 0.493 e. The average Bonchev–Trinajstić information content (AvgIpc) is 3.01. The minimum absolute atomic E-state index is 0.137. The van der Waals surface area contributed by atoms with Crippen molar-refractivity contribution in [2.45, 2.75) is 31.7 Å². The van der Waals surface area contributed by atoms with Crippen molar-refractivity contribution in [2.75, 3.05) is 19.8 Å². The van der Waals surface area contributed by atoms with Gasteiger partial charge >= 0.3 is 0 Å². The van der Waals surface area contributed by atoms with Crippen LogP contribution in [0, 0.1) is 5.82 Å². The predicted octanol–water partition coefficient (Wildman–Crippen LogP) is 4.21. The summed E-state index contributed by atoms with van der Waals surface area (Å²) in [6.45, 7) is 1.64. The first kappa shape index (κ1) is 18.9. The lowest BCUT2D eigenvalue weighted by molar-refractivity contribution is -0.121. The lowest BCUT2D eigenvalue weighted by Crippen LogP contribution is -2.29. The monoisotopic (exact) mass is 405 g/mol. The Morgan fingerprint density at radius 2 is 1.86 bits per heavy atom. The van der Waals surface area contributed by atoms with E-state index in [9.17, 15) is 9.18 Å². The Hall–Kier alpha value is -2.47. The molecule has 2 aromatic carbocycles. The fraction of sp³-hybridized carbons (Fsp3) is 0.381. The van der Waals surface area contributed by atoms with Gasteiger partial charge in [0, 0.05) is 12.0 Å². The van der Waals surface area contributed by atoms with Crippen LogP contribution in [0.5, 0.6) is 17.2 Å². The van der Waals surface area contributed by atoms with Gasteiger partial charge in [-0.2, -0.15) is 0 Å². The molecule has 1 amide bonds. The van der Waals surface area contributed by atoms with Gasteiger partial charge in [-0.15, -0.1) is 0 Å². The summed E-state index contributed by atoms with van der Waals surface area (Å²) < 4.78 is 30.7. The molecule has 4 rings (SSSR count). The quantitative estimate of drug-likeness (QED) is 0.831. The van der Waals surface area contributed by atoms with E-state index < -0.39 is 0 Å². The van der Waals surface area contributed by atoms with Crippen LogP contribution in [0.25, 0.3) is 0 Å². The molecule has 0 saturated heterocycles. The molecule has 2 heterocycles. The third-order valence-corrected chi connectivity index (χ3v) is 5.08. The highest BCUT2D eigenvalue weighted by Gasteiger charge is 2.23. The van der Waals surface area contributed by atoms with Crippen LogP contribution in [0.2, 0.25) is 5.02 Å². The van der Waals surface area contributed by atoms with Gasteiger partial charge in [0.15, 0.2) is 11.5 Å².